The van der Waals surface area contributed by atoms with Gasteiger partial charge in [0.1, 0.15) is 0 Å². The largest absolute Gasteiger partial charge is 0.390 e. The van der Waals surface area contributed by atoms with Crippen molar-refractivity contribution in [3.63, 3.8) is 0 Å². The van der Waals surface area contributed by atoms with Gasteiger partial charge in [0.05, 0.1) is 5.60 Å². The molecule has 0 aromatic carbocycles. The highest BCUT2D eigenvalue weighted by Gasteiger charge is 2.20. The molecule has 1 rings (SSSR count). The second-order valence-electron chi connectivity index (χ2n) is 6.20. The van der Waals surface area contributed by atoms with Gasteiger partial charge in [-0.25, -0.2) is 0 Å². The van der Waals surface area contributed by atoms with Gasteiger partial charge >= 0.3 is 0 Å². The molecule has 1 aliphatic rings. The highest BCUT2D eigenvalue weighted by atomic mass is 16.3. The van der Waals surface area contributed by atoms with Crippen LogP contribution < -0.4 is 0 Å². The summed E-state index contributed by atoms with van der Waals surface area (Å²) >= 11 is 0. The Bertz CT molecular complexity index is 282. The average molecular weight is 222 g/mol. The molecular weight excluding hydrogens is 196 g/mol. The van der Waals surface area contributed by atoms with Crippen molar-refractivity contribution in [1.82, 2.24) is 0 Å². The fraction of sp³-hybridized carbons (Fsp3) is 0.733. The Kier molecular flexibility index (Phi) is 4.37. The summed E-state index contributed by atoms with van der Waals surface area (Å²) < 4.78 is 0. The van der Waals surface area contributed by atoms with Crippen LogP contribution in [0.2, 0.25) is 0 Å². The third-order valence-corrected chi connectivity index (χ3v) is 3.39. The molecule has 0 heterocycles. The van der Waals surface area contributed by atoms with Crippen molar-refractivity contribution in [2.75, 3.05) is 0 Å². The van der Waals surface area contributed by atoms with Crippen LogP contribution in [-0.4, -0.2) is 10.7 Å². The van der Waals surface area contributed by atoms with Crippen LogP contribution >= 0.6 is 0 Å². The lowest BCUT2D eigenvalue weighted by molar-refractivity contribution is 0.0519. The first-order valence-corrected chi connectivity index (χ1v) is 6.37. The third-order valence-electron chi connectivity index (χ3n) is 3.39. The lowest BCUT2D eigenvalue weighted by atomic mass is 9.87. The van der Waals surface area contributed by atoms with Gasteiger partial charge in [0.25, 0.3) is 0 Å². The molecule has 0 bridgehead atoms. The average Bonchev–Trinajstić information content (AvgIpc) is 2.14. The SMILES string of the molecule is C/C1=C\CC(C)(C)/C=C\CC(C)(O)CCC1. The van der Waals surface area contributed by atoms with Crippen molar-refractivity contribution in [2.24, 2.45) is 5.41 Å². The molecule has 0 radical (unpaired) electrons. The fourth-order valence-corrected chi connectivity index (χ4v) is 2.09. The van der Waals surface area contributed by atoms with E-state index in [1.54, 1.807) is 0 Å². The summed E-state index contributed by atoms with van der Waals surface area (Å²) in [5, 5.41) is 10.2. The maximum Gasteiger partial charge on any atom is 0.0654 e. The molecule has 1 nitrogen and oxygen atoms in total. The van der Waals surface area contributed by atoms with Crippen molar-refractivity contribution in [3.05, 3.63) is 23.8 Å². The van der Waals surface area contributed by atoms with Crippen LogP contribution in [0.25, 0.3) is 0 Å². The molecule has 1 aliphatic carbocycles. The third kappa shape index (κ3) is 4.98. The van der Waals surface area contributed by atoms with E-state index in [9.17, 15) is 5.11 Å². The van der Waals surface area contributed by atoms with Crippen molar-refractivity contribution in [3.8, 4) is 0 Å². The maximum atomic E-state index is 10.2. The van der Waals surface area contributed by atoms with Crippen molar-refractivity contribution >= 4 is 0 Å². The van der Waals surface area contributed by atoms with E-state index in [-0.39, 0.29) is 5.41 Å². The molecule has 1 N–H and O–H groups in total. The molecule has 0 amide bonds. The van der Waals surface area contributed by atoms with Crippen LogP contribution in [0.15, 0.2) is 23.8 Å². The van der Waals surface area contributed by atoms with Gasteiger partial charge in [0.15, 0.2) is 0 Å². The predicted octanol–water partition coefficient (Wildman–Crippen LogP) is 4.23. The van der Waals surface area contributed by atoms with Crippen LogP contribution in [0.1, 0.15) is 59.8 Å². The second kappa shape index (κ2) is 5.18. The minimum Gasteiger partial charge on any atom is -0.390 e. The topological polar surface area (TPSA) is 20.2 Å². The first kappa shape index (κ1) is 13.5. The highest BCUT2D eigenvalue weighted by Crippen LogP contribution is 2.28. The molecule has 1 heteroatoms. The summed E-state index contributed by atoms with van der Waals surface area (Å²) in [6.07, 6.45) is 11.7. The number of rotatable bonds is 0. The Morgan fingerprint density at radius 1 is 1.19 bits per heavy atom. The monoisotopic (exact) mass is 222 g/mol. The molecule has 0 aromatic heterocycles. The molecule has 0 aromatic rings. The van der Waals surface area contributed by atoms with Gasteiger partial charge in [0, 0.05) is 0 Å². The van der Waals surface area contributed by atoms with Crippen LogP contribution in [0, 0.1) is 5.41 Å². The summed E-state index contributed by atoms with van der Waals surface area (Å²) in [5.41, 5.74) is 1.14. The van der Waals surface area contributed by atoms with E-state index in [0.717, 1.165) is 32.1 Å². The first-order valence-electron chi connectivity index (χ1n) is 6.37. The molecule has 16 heavy (non-hydrogen) atoms. The van der Waals surface area contributed by atoms with Gasteiger partial charge in [-0.05, 0) is 51.4 Å². The molecule has 0 fully saturated rings. The van der Waals surface area contributed by atoms with Crippen LogP contribution in [0.5, 0.6) is 0 Å². The van der Waals surface area contributed by atoms with E-state index in [1.807, 2.05) is 6.92 Å². The summed E-state index contributed by atoms with van der Waals surface area (Å²) in [4.78, 5) is 0. The van der Waals surface area contributed by atoms with Gasteiger partial charge in [0.2, 0.25) is 0 Å². The lowest BCUT2D eigenvalue weighted by Gasteiger charge is -2.22. The Morgan fingerprint density at radius 3 is 2.56 bits per heavy atom. The normalized spacial score (nSPS) is 36.9. The smallest absolute Gasteiger partial charge is 0.0654 e. The van der Waals surface area contributed by atoms with Crippen LogP contribution in [0.4, 0.5) is 0 Å². The standard InChI is InChI=1S/C15H26O/c1-13-7-5-10-15(4,16)11-6-9-14(2,3)12-8-13/h6,8-9,16H,5,7,10-12H2,1-4H3/b9-6-,13-8+. The van der Waals surface area contributed by atoms with Gasteiger partial charge in [-0.1, -0.05) is 37.6 Å². The summed E-state index contributed by atoms with van der Waals surface area (Å²) in [7, 11) is 0. The molecular formula is C15H26O. The zero-order valence-electron chi connectivity index (χ0n) is 11.2. The first-order chi connectivity index (χ1) is 7.31. The number of hydrogen-bond acceptors (Lipinski definition) is 1. The maximum absolute atomic E-state index is 10.2. The van der Waals surface area contributed by atoms with Gasteiger partial charge in [-0.3, -0.25) is 0 Å². The van der Waals surface area contributed by atoms with Crippen molar-refractivity contribution in [1.29, 1.82) is 0 Å². The minimum atomic E-state index is -0.531. The minimum absolute atomic E-state index is 0.210. The van der Waals surface area contributed by atoms with E-state index < -0.39 is 5.60 Å². The van der Waals surface area contributed by atoms with Gasteiger partial charge in [-0.2, -0.15) is 0 Å². The molecule has 1 atom stereocenters. The predicted molar refractivity (Wildman–Crippen MR) is 70.4 cm³/mol. The van der Waals surface area contributed by atoms with E-state index >= 15 is 0 Å². The lowest BCUT2D eigenvalue weighted by Crippen LogP contribution is -2.22. The second-order valence-corrected chi connectivity index (χ2v) is 6.20. The molecule has 0 spiro atoms. The zero-order valence-corrected chi connectivity index (χ0v) is 11.2. The van der Waals surface area contributed by atoms with Crippen molar-refractivity contribution < 1.29 is 5.11 Å². The molecule has 0 saturated heterocycles. The van der Waals surface area contributed by atoms with E-state index in [2.05, 4.69) is 39.0 Å². The molecule has 1 unspecified atom stereocenters. The summed E-state index contributed by atoms with van der Waals surface area (Å²) in [5.74, 6) is 0. The molecule has 0 saturated carbocycles. The molecule has 0 aliphatic heterocycles. The molecule has 92 valence electrons. The van der Waals surface area contributed by atoms with Crippen LogP contribution in [-0.2, 0) is 0 Å². The fourth-order valence-electron chi connectivity index (χ4n) is 2.09. The van der Waals surface area contributed by atoms with Gasteiger partial charge in [-0.15, -0.1) is 0 Å². The highest BCUT2D eigenvalue weighted by molar-refractivity contribution is 5.06. The van der Waals surface area contributed by atoms with E-state index in [0.29, 0.717) is 0 Å². The number of aliphatic hydroxyl groups is 1. The summed E-state index contributed by atoms with van der Waals surface area (Å²) in [6, 6.07) is 0. The van der Waals surface area contributed by atoms with Crippen LogP contribution in [0.3, 0.4) is 0 Å². The number of allylic oxidation sites excluding steroid dienone is 3. The van der Waals surface area contributed by atoms with E-state index in [4.69, 9.17) is 0 Å². The zero-order chi connectivity index (χ0) is 12.2. The Hall–Kier alpha value is -0.560. The summed E-state index contributed by atoms with van der Waals surface area (Å²) in [6.45, 7) is 8.65. The van der Waals surface area contributed by atoms with E-state index in [1.165, 1.54) is 5.57 Å². The Morgan fingerprint density at radius 2 is 1.88 bits per heavy atom. The van der Waals surface area contributed by atoms with Gasteiger partial charge < -0.3 is 5.11 Å². The van der Waals surface area contributed by atoms with Crippen molar-refractivity contribution in [2.45, 2.75) is 65.4 Å². The Labute approximate surface area is 100 Å². The quantitative estimate of drug-likeness (QED) is 0.608. The number of hydrogen-bond donors (Lipinski definition) is 1. The Balaban J connectivity index is 2.78.